The van der Waals surface area contributed by atoms with E-state index < -0.39 is 0 Å². The average molecular weight is 352 g/mol. The van der Waals surface area contributed by atoms with E-state index in [0.29, 0.717) is 49.7 Å². The first-order valence-electron chi connectivity index (χ1n) is 8.36. The topological polar surface area (TPSA) is 147 Å². The van der Waals surface area contributed by atoms with Crippen molar-refractivity contribution in [1.82, 2.24) is 15.0 Å². The van der Waals surface area contributed by atoms with Crippen molar-refractivity contribution in [1.29, 1.82) is 5.26 Å². The summed E-state index contributed by atoms with van der Waals surface area (Å²) in [5.74, 6) is 1.12. The maximum absolute atomic E-state index is 10.9. The number of nitrogen functional groups attached to an aromatic ring is 1. The minimum Gasteiger partial charge on any atom is -0.370 e. The molecule has 0 saturated carbocycles. The van der Waals surface area contributed by atoms with Crippen LogP contribution in [0.1, 0.15) is 23.2 Å². The van der Waals surface area contributed by atoms with Crippen LogP contribution in [0.3, 0.4) is 0 Å². The van der Waals surface area contributed by atoms with E-state index >= 15 is 0 Å². The Balaban J connectivity index is 1.83. The fourth-order valence-electron chi connectivity index (χ4n) is 3.02. The second-order valence-corrected chi connectivity index (χ2v) is 5.97. The minimum absolute atomic E-state index is 0.189. The molecule has 26 heavy (non-hydrogen) atoms. The second kappa shape index (κ2) is 7.65. The van der Waals surface area contributed by atoms with Crippen LogP contribution in [-0.4, -0.2) is 40.5 Å². The van der Waals surface area contributed by atoms with E-state index in [9.17, 15) is 10.1 Å². The predicted molar refractivity (Wildman–Crippen MR) is 97.3 cm³/mol. The van der Waals surface area contributed by atoms with E-state index in [0.717, 1.165) is 11.3 Å². The largest absolute Gasteiger partial charge is 0.370 e. The van der Waals surface area contributed by atoms with E-state index in [1.165, 1.54) is 0 Å². The molecule has 1 amide bonds. The first-order valence-corrected chi connectivity index (χ1v) is 8.36. The molecular formula is C17H20N8O. The number of rotatable bonds is 5. The predicted octanol–water partition coefficient (Wildman–Crippen LogP) is 0.218. The monoisotopic (exact) mass is 352 g/mol. The number of primary amides is 1. The molecule has 2 aromatic rings. The highest BCUT2D eigenvalue weighted by Crippen LogP contribution is 2.25. The number of hydrogen-bond acceptors (Lipinski definition) is 8. The highest BCUT2D eigenvalue weighted by atomic mass is 16.1. The molecule has 134 valence electrons. The van der Waals surface area contributed by atoms with Crippen molar-refractivity contribution in [2.24, 2.45) is 5.73 Å². The molecule has 2 aromatic heterocycles. The zero-order chi connectivity index (χ0) is 18.5. The van der Waals surface area contributed by atoms with Crippen molar-refractivity contribution in [3.8, 4) is 6.07 Å². The maximum atomic E-state index is 10.9. The third-order valence-electron chi connectivity index (χ3n) is 4.23. The Morgan fingerprint density at radius 1 is 1.35 bits per heavy atom. The lowest BCUT2D eigenvalue weighted by Gasteiger charge is -2.22. The highest BCUT2D eigenvalue weighted by Gasteiger charge is 2.22. The van der Waals surface area contributed by atoms with Gasteiger partial charge in [0.25, 0.3) is 0 Å². The van der Waals surface area contributed by atoms with Gasteiger partial charge >= 0.3 is 0 Å². The molecule has 1 aliphatic rings. The highest BCUT2D eigenvalue weighted by molar-refractivity contribution is 5.74. The summed E-state index contributed by atoms with van der Waals surface area (Å²) in [5.41, 5.74) is 13.4. The molecule has 0 atom stereocenters. The number of nitrogens with zero attached hydrogens (tertiary/aromatic N) is 5. The zero-order valence-electron chi connectivity index (χ0n) is 14.3. The summed E-state index contributed by atoms with van der Waals surface area (Å²) < 4.78 is 0. The third-order valence-corrected chi connectivity index (χ3v) is 4.23. The molecule has 0 spiro atoms. The lowest BCUT2D eigenvalue weighted by atomic mass is 10.1. The standard InChI is InChI=1S/C17H20N8O/c18-10-11-2-1-6-22-16(11)25-8-4-12-13(5-9-25)23-17(20)24-15(12)21-7-3-14(19)26/h1-2,6H,3-5,7-9H2,(H2,19,26)(H3,20,21,23,24). The smallest absolute Gasteiger partial charge is 0.222 e. The Labute approximate surface area is 151 Å². The van der Waals surface area contributed by atoms with Gasteiger partial charge in [-0.15, -0.1) is 0 Å². The normalized spacial score (nSPS) is 13.4. The molecule has 3 heterocycles. The Bertz CT molecular complexity index is 860. The molecule has 0 radical (unpaired) electrons. The van der Waals surface area contributed by atoms with Crippen molar-refractivity contribution in [2.45, 2.75) is 19.3 Å². The van der Waals surface area contributed by atoms with E-state index in [-0.39, 0.29) is 18.3 Å². The lowest BCUT2D eigenvalue weighted by Crippen LogP contribution is -2.27. The SMILES string of the molecule is N#Cc1cccnc1N1CCc2nc(N)nc(NCCC(N)=O)c2CC1. The van der Waals surface area contributed by atoms with Crippen LogP contribution < -0.4 is 21.7 Å². The molecule has 0 aliphatic carbocycles. The van der Waals surface area contributed by atoms with Gasteiger partial charge < -0.3 is 21.7 Å². The number of amides is 1. The number of pyridine rings is 1. The molecule has 0 saturated heterocycles. The molecular weight excluding hydrogens is 332 g/mol. The van der Waals surface area contributed by atoms with Crippen molar-refractivity contribution in [3.05, 3.63) is 35.2 Å². The van der Waals surface area contributed by atoms with Crippen LogP contribution in [0, 0.1) is 11.3 Å². The number of hydrogen-bond donors (Lipinski definition) is 3. The summed E-state index contributed by atoms with van der Waals surface area (Å²) in [6.45, 7) is 1.74. The van der Waals surface area contributed by atoms with Crippen molar-refractivity contribution >= 4 is 23.5 Å². The van der Waals surface area contributed by atoms with Gasteiger partial charge in [-0.05, 0) is 18.6 Å². The van der Waals surface area contributed by atoms with E-state index in [4.69, 9.17) is 11.5 Å². The first kappa shape index (κ1) is 17.4. The van der Waals surface area contributed by atoms with Gasteiger partial charge in [-0.3, -0.25) is 4.79 Å². The number of fused-ring (bicyclic) bond motifs is 1. The molecule has 0 bridgehead atoms. The van der Waals surface area contributed by atoms with Gasteiger partial charge in [-0.1, -0.05) is 0 Å². The summed E-state index contributed by atoms with van der Waals surface area (Å²) in [5, 5.41) is 12.4. The summed E-state index contributed by atoms with van der Waals surface area (Å²) in [4.78, 5) is 26.0. The fraction of sp³-hybridized carbons (Fsp3) is 0.353. The maximum Gasteiger partial charge on any atom is 0.222 e. The van der Waals surface area contributed by atoms with Crippen LogP contribution in [0.15, 0.2) is 18.3 Å². The van der Waals surface area contributed by atoms with Gasteiger partial charge in [-0.25, -0.2) is 9.97 Å². The minimum atomic E-state index is -0.379. The van der Waals surface area contributed by atoms with Gasteiger partial charge in [0, 0.05) is 44.2 Å². The van der Waals surface area contributed by atoms with Crippen LogP contribution in [0.4, 0.5) is 17.6 Å². The number of nitrogens with two attached hydrogens (primary N) is 2. The van der Waals surface area contributed by atoms with Crippen LogP contribution >= 0.6 is 0 Å². The molecule has 0 fully saturated rings. The van der Waals surface area contributed by atoms with Crippen molar-refractivity contribution < 1.29 is 4.79 Å². The van der Waals surface area contributed by atoms with E-state index in [2.05, 4.69) is 31.2 Å². The number of carbonyl (C=O) groups excluding carboxylic acids is 1. The number of nitriles is 1. The second-order valence-electron chi connectivity index (χ2n) is 5.97. The molecule has 0 aromatic carbocycles. The summed E-state index contributed by atoms with van der Waals surface area (Å²) in [6, 6.07) is 5.70. The average Bonchev–Trinajstić information content (AvgIpc) is 2.84. The summed E-state index contributed by atoms with van der Waals surface area (Å²) >= 11 is 0. The lowest BCUT2D eigenvalue weighted by molar-refractivity contribution is -0.117. The number of nitrogens with one attached hydrogen (secondary N) is 1. The number of aromatic nitrogens is 3. The van der Waals surface area contributed by atoms with Gasteiger partial charge in [0.2, 0.25) is 11.9 Å². The van der Waals surface area contributed by atoms with E-state index in [1.54, 1.807) is 18.3 Å². The number of carbonyl (C=O) groups is 1. The molecule has 0 unspecified atom stereocenters. The van der Waals surface area contributed by atoms with Crippen LogP contribution in [0.5, 0.6) is 0 Å². The van der Waals surface area contributed by atoms with Crippen LogP contribution in [-0.2, 0) is 17.6 Å². The summed E-state index contributed by atoms with van der Waals surface area (Å²) in [7, 11) is 0. The van der Waals surface area contributed by atoms with Crippen molar-refractivity contribution in [2.75, 3.05) is 35.6 Å². The van der Waals surface area contributed by atoms with Gasteiger partial charge in [0.05, 0.1) is 11.3 Å². The molecule has 9 heteroatoms. The Morgan fingerprint density at radius 3 is 2.92 bits per heavy atom. The Morgan fingerprint density at radius 2 is 2.15 bits per heavy atom. The first-order chi connectivity index (χ1) is 12.6. The summed E-state index contributed by atoms with van der Waals surface area (Å²) in [6.07, 6.45) is 3.23. The zero-order valence-corrected chi connectivity index (χ0v) is 14.3. The van der Waals surface area contributed by atoms with Gasteiger partial charge in [0.15, 0.2) is 0 Å². The Hall–Kier alpha value is -3.41. The quantitative estimate of drug-likeness (QED) is 0.692. The third kappa shape index (κ3) is 3.80. The molecule has 3 rings (SSSR count). The Kier molecular flexibility index (Phi) is 5.12. The fourth-order valence-corrected chi connectivity index (χ4v) is 3.02. The van der Waals surface area contributed by atoms with Crippen LogP contribution in [0.2, 0.25) is 0 Å². The number of anilines is 3. The van der Waals surface area contributed by atoms with Gasteiger partial charge in [0.1, 0.15) is 17.7 Å². The van der Waals surface area contributed by atoms with Crippen LogP contribution in [0.25, 0.3) is 0 Å². The molecule has 9 nitrogen and oxygen atoms in total. The van der Waals surface area contributed by atoms with Gasteiger partial charge in [-0.2, -0.15) is 10.2 Å². The van der Waals surface area contributed by atoms with Crippen molar-refractivity contribution in [3.63, 3.8) is 0 Å². The molecule has 1 aliphatic heterocycles. The van der Waals surface area contributed by atoms with E-state index in [1.807, 2.05) is 0 Å². The molecule has 5 N–H and O–H groups in total.